The first-order chi connectivity index (χ1) is 13.9. The minimum Gasteiger partial charge on any atom is -0.548 e. The molecule has 0 bridgehead atoms. The number of aliphatic hydroxyl groups excluding tert-OH is 1. The van der Waals surface area contributed by atoms with Crippen LogP contribution in [0.2, 0.25) is 0 Å². The molecule has 0 unspecified atom stereocenters. The molecule has 7 nitrogen and oxygen atoms in total. The van der Waals surface area contributed by atoms with E-state index < -0.39 is 12.6 Å². The Hall–Kier alpha value is -0.730. The molecule has 0 rings (SSSR count). The minimum atomic E-state index is -1.44. The number of hydrogen-bond acceptors (Lipinski definition) is 6. The van der Waals surface area contributed by atoms with Crippen LogP contribution in [0.5, 0.6) is 0 Å². The molecule has 7 heteroatoms. The van der Waals surface area contributed by atoms with E-state index in [-0.39, 0.29) is 0 Å². The third kappa shape index (κ3) is 27.3. The third-order valence-electron chi connectivity index (χ3n) is 4.41. The first-order valence-electron chi connectivity index (χ1n) is 11.5. The number of unbranched alkanes of at least 4 members (excludes halogenated alkanes) is 4. The lowest BCUT2D eigenvalue weighted by Crippen LogP contribution is -2.50. The molecule has 0 aromatic heterocycles. The zero-order chi connectivity index (χ0) is 22.8. The smallest absolute Gasteiger partial charge is 0.0826 e. The Kier molecular flexibility index (Phi) is 31.0. The van der Waals surface area contributed by atoms with E-state index in [1.807, 2.05) is 13.8 Å². The molecule has 29 heavy (non-hydrogen) atoms. The standard InChI is InChI=1S/C16H36N.C4H10O3.C2H4O3/c1-5-9-13-17(14-10-6-2,15-11-7-3)16-12-8-4;1-3-5-7-6-4-2;3-1-2(4)5/h5-16H2,1-4H3;3-4H2,1-2H3;3H,1H2,(H,4,5)/q+1;;/p-1. The van der Waals surface area contributed by atoms with E-state index in [0.717, 1.165) is 0 Å². The van der Waals surface area contributed by atoms with Crippen molar-refractivity contribution in [1.29, 1.82) is 0 Å². The maximum absolute atomic E-state index is 9.01. The number of carboxylic acids is 1. The first-order valence-corrected chi connectivity index (χ1v) is 11.5. The number of aliphatic hydroxyl groups is 1. The van der Waals surface area contributed by atoms with Gasteiger partial charge in [-0.05, 0) is 39.5 Å². The molecule has 1 N–H and O–H groups in total. The Labute approximate surface area is 179 Å². The summed E-state index contributed by atoms with van der Waals surface area (Å²) in [5.41, 5.74) is 0. The van der Waals surface area contributed by atoms with Crippen molar-refractivity contribution in [1.82, 2.24) is 0 Å². The number of carboxylic acid groups (broad SMARTS) is 1. The summed E-state index contributed by atoms with van der Waals surface area (Å²) in [6.45, 7) is 18.8. The monoisotopic (exact) mass is 423 g/mol. The summed E-state index contributed by atoms with van der Waals surface area (Å²) >= 11 is 0. The Bertz CT molecular complexity index is 274. The van der Waals surface area contributed by atoms with Crippen molar-refractivity contribution in [3.63, 3.8) is 0 Å². The molecule has 0 saturated carbocycles. The van der Waals surface area contributed by atoms with E-state index in [9.17, 15) is 0 Å². The molecule has 0 heterocycles. The average Bonchev–Trinajstić information content (AvgIpc) is 2.74. The predicted molar refractivity (Wildman–Crippen MR) is 116 cm³/mol. The van der Waals surface area contributed by atoms with E-state index in [0.29, 0.717) is 13.2 Å². The van der Waals surface area contributed by atoms with Crippen molar-refractivity contribution in [3.05, 3.63) is 0 Å². The fraction of sp³-hybridized carbons (Fsp3) is 0.955. The number of aliphatic carboxylic acids is 1. The van der Waals surface area contributed by atoms with Crippen LogP contribution in [0.4, 0.5) is 0 Å². The molecule has 0 atom stereocenters. The van der Waals surface area contributed by atoms with Crippen LogP contribution in [0, 0.1) is 0 Å². The zero-order valence-electron chi connectivity index (χ0n) is 20.0. The Balaban J connectivity index is -0.000000461. The third-order valence-corrected chi connectivity index (χ3v) is 4.41. The van der Waals surface area contributed by atoms with Crippen molar-refractivity contribution in [3.8, 4) is 0 Å². The van der Waals surface area contributed by atoms with Gasteiger partial charge in [-0.15, -0.1) is 0 Å². The second-order valence-corrected chi connectivity index (χ2v) is 7.06. The van der Waals surface area contributed by atoms with Crippen LogP contribution < -0.4 is 5.11 Å². The van der Waals surface area contributed by atoms with E-state index >= 15 is 0 Å². The van der Waals surface area contributed by atoms with E-state index in [2.05, 4.69) is 42.5 Å². The summed E-state index contributed by atoms with van der Waals surface area (Å²) in [5.74, 6) is -1.44. The van der Waals surface area contributed by atoms with Gasteiger partial charge in [-0.25, -0.2) is 9.78 Å². The van der Waals surface area contributed by atoms with Gasteiger partial charge >= 0.3 is 0 Å². The molecule has 0 aliphatic heterocycles. The van der Waals surface area contributed by atoms with Gasteiger partial charge in [-0.3, -0.25) is 0 Å². The molecule has 0 aromatic rings. The lowest BCUT2D eigenvalue weighted by atomic mass is 10.1. The molecule has 0 aliphatic rings. The fourth-order valence-electron chi connectivity index (χ4n) is 2.78. The summed E-state index contributed by atoms with van der Waals surface area (Å²) in [6, 6.07) is 0. The van der Waals surface area contributed by atoms with Crippen LogP contribution >= 0.6 is 0 Å². The van der Waals surface area contributed by atoms with Gasteiger partial charge in [0.25, 0.3) is 0 Å². The van der Waals surface area contributed by atoms with Crippen molar-refractivity contribution in [2.24, 2.45) is 0 Å². The maximum atomic E-state index is 9.01. The normalized spacial score (nSPS) is 10.6. The fourth-order valence-corrected chi connectivity index (χ4v) is 2.78. The molecule has 0 amide bonds. The van der Waals surface area contributed by atoms with Gasteiger partial charge < -0.3 is 19.5 Å². The summed E-state index contributed by atoms with van der Waals surface area (Å²) in [7, 11) is 0. The summed E-state index contributed by atoms with van der Waals surface area (Å²) in [5, 5.41) is 20.6. The van der Waals surface area contributed by atoms with Crippen LogP contribution in [-0.2, 0) is 19.6 Å². The number of rotatable bonds is 17. The highest BCUT2D eigenvalue weighted by Crippen LogP contribution is 2.16. The maximum Gasteiger partial charge on any atom is 0.0826 e. The van der Waals surface area contributed by atoms with Crippen molar-refractivity contribution in [2.75, 3.05) is 46.0 Å². The van der Waals surface area contributed by atoms with Gasteiger partial charge in [0.1, 0.15) is 0 Å². The molecule has 0 aliphatic carbocycles. The molecule has 0 saturated heterocycles. The molecular weight excluding hydrogens is 374 g/mol. The summed E-state index contributed by atoms with van der Waals surface area (Å²) in [6.07, 6.45) is 11.1. The minimum absolute atomic E-state index is 0.514. The highest BCUT2D eigenvalue weighted by molar-refractivity contribution is 5.65. The van der Waals surface area contributed by atoms with Crippen molar-refractivity contribution < 1.29 is 34.3 Å². The van der Waals surface area contributed by atoms with Crippen LogP contribution in [0.1, 0.15) is 92.9 Å². The highest BCUT2D eigenvalue weighted by atomic mass is 17.5. The van der Waals surface area contributed by atoms with Gasteiger partial charge in [0.2, 0.25) is 0 Å². The number of carbonyl (C=O) groups excluding carboxylic acids is 1. The van der Waals surface area contributed by atoms with Crippen LogP contribution in [0.25, 0.3) is 0 Å². The van der Waals surface area contributed by atoms with Gasteiger partial charge in [0.05, 0.1) is 52.0 Å². The topological polar surface area (TPSA) is 88.1 Å². The zero-order valence-corrected chi connectivity index (χ0v) is 20.0. The first kappa shape index (κ1) is 32.9. The van der Waals surface area contributed by atoms with Crippen molar-refractivity contribution in [2.45, 2.75) is 92.9 Å². The Morgan fingerprint density at radius 1 is 0.724 bits per heavy atom. The van der Waals surface area contributed by atoms with Gasteiger partial charge in [0.15, 0.2) is 0 Å². The van der Waals surface area contributed by atoms with E-state index in [1.165, 1.54) is 82.0 Å². The van der Waals surface area contributed by atoms with Crippen molar-refractivity contribution >= 4 is 5.97 Å². The van der Waals surface area contributed by atoms with Crippen LogP contribution in [-0.4, -0.2) is 61.6 Å². The predicted octanol–water partition coefficient (Wildman–Crippen LogP) is 3.64. The second kappa shape index (κ2) is 27.3. The lowest BCUT2D eigenvalue weighted by molar-refractivity contribution is -0.929. The number of hydrogen-bond donors (Lipinski definition) is 1. The number of carbonyl (C=O) groups is 1. The largest absolute Gasteiger partial charge is 0.548 e. The van der Waals surface area contributed by atoms with Gasteiger partial charge in [-0.1, -0.05) is 58.4 Å². The van der Waals surface area contributed by atoms with Gasteiger partial charge in [-0.2, -0.15) is 0 Å². The lowest BCUT2D eigenvalue weighted by Gasteiger charge is -2.39. The van der Waals surface area contributed by atoms with Crippen LogP contribution in [0.3, 0.4) is 0 Å². The van der Waals surface area contributed by atoms with E-state index in [1.54, 1.807) is 0 Å². The molecule has 178 valence electrons. The van der Waals surface area contributed by atoms with E-state index in [4.69, 9.17) is 15.0 Å². The number of quaternary nitrogens is 1. The average molecular weight is 424 g/mol. The molecule has 0 spiro atoms. The number of nitrogens with zero attached hydrogens (tertiary/aromatic N) is 1. The summed E-state index contributed by atoms with van der Waals surface area (Å²) < 4.78 is 1.42. The van der Waals surface area contributed by atoms with Gasteiger partial charge in [0, 0.05) is 0 Å². The molecule has 0 fully saturated rings. The quantitative estimate of drug-likeness (QED) is 0.166. The second-order valence-electron chi connectivity index (χ2n) is 7.06. The Morgan fingerprint density at radius 3 is 1.17 bits per heavy atom. The highest BCUT2D eigenvalue weighted by Gasteiger charge is 2.24. The molecular formula is C22H49NO6. The SMILES string of the molecule is CCCC[N+](CCCC)(CCCC)CCCC.CCOOOCC.O=C([O-])CO. The summed E-state index contributed by atoms with van der Waals surface area (Å²) in [4.78, 5) is 17.7. The molecule has 0 radical (unpaired) electrons. The van der Waals surface area contributed by atoms with Crippen LogP contribution in [0.15, 0.2) is 0 Å². The molecule has 0 aromatic carbocycles. The Morgan fingerprint density at radius 2 is 1.00 bits per heavy atom.